The predicted molar refractivity (Wildman–Crippen MR) is 83.3 cm³/mol. The Morgan fingerprint density at radius 1 is 1.30 bits per heavy atom. The van der Waals surface area contributed by atoms with Gasteiger partial charge in [-0.3, -0.25) is 0 Å². The SMILES string of the molecule is C1CC2CC1O2.COC1=NOC(C)(C(=O)O)C1c1ccccc1. The third-order valence-electron chi connectivity index (χ3n) is 4.61. The molecule has 5 rings (SSSR count). The van der Waals surface area contributed by atoms with Crippen molar-refractivity contribution in [2.45, 2.75) is 49.9 Å². The number of ether oxygens (including phenoxy) is 2. The van der Waals surface area contributed by atoms with E-state index >= 15 is 0 Å². The molecule has 23 heavy (non-hydrogen) atoms. The van der Waals surface area contributed by atoms with E-state index < -0.39 is 17.5 Å². The lowest BCUT2D eigenvalue weighted by atomic mass is 9.83. The number of hydrogen-bond donors (Lipinski definition) is 1. The molecule has 1 saturated carbocycles. The predicted octanol–water partition coefficient (Wildman–Crippen LogP) is 2.54. The van der Waals surface area contributed by atoms with Crippen molar-refractivity contribution in [3.05, 3.63) is 35.9 Å². The second-order valence-electron chi connectivity index (χ2n) is 6.17. The van der Waals surface area contributed by atoms with Crippen LogP contribution in [0.15, 0.2) is 35.5 Å². The molecule has 0 radical (unpaired) electrons. The van der Waals surface area contributed by atoms with Gasteiger partial charge in [0.15, 0.2) is 0 Å². The van der Waals surface area contributed by atoms with Gasteiger partial charge < -0.3 is 19.4 Å². The average molecular weight is 319 g/mol. The number of rotatable bonds is 2. The van der Waals surface area contributed by atoms with Crippen LogP contribution in [0.2, 0.25) is 0 Å². The molecule has 3 heterocycles. The Labute approximate surface area is 135 Å². The lowest BCUT2D eigenvalue weighted by molar-refractivity contribution is -0.161. The van der Waals surface area contributed by atoms with E-state index in [4.69, 9.17) is 14.3 Å². The number of aliphatic carboxylic acids is 1. The summed E-state index contributed by atoms with van der Waals surface area (Å²) < 4.78 is 10.3. The number of carboxylic acids is 1. The van der Waals surface area contributed by atoms with E-state index in [1.807, 2.05) is 30.3 Å². The van der Waals surface area contributed by atoms with E-state index in [-0.39, 0.29) is 5.90 Å². The van der Waals surface area contributed by atoms with Crippen LogP contribution < -0.4 is 0 Å². The van der Waals surface area contributed by atoms with Gasteiger partial charge in [-0.25, -0.2) is 4.79 Å². The Bertz CT molecular complexity index is 583. The van der Waals surface area contributed by atoms with E-state index in [1.165, 1.54) is 33.3 Å². The van der Waals surface area contributed by atoms with Gasteiger partial charge in [-0.2, -0.15) is 0 Å². The number of hydrogen-bond acceptors (Lipinski definition) is 5. The van der Waals surface area contributed by atoms with Crippen LogP contribution in [0.5, 0.6) is 0 Å². The molecule has 6 heteroatoms. The van der Waals surface area contributed by atoms with E-state index in [0.29, 0.717) is 12.2 Å². The molecule has 6 nitrogen and oxygen atoms in total. The van der Waals surface area contributed by atoms with Crippen LogP contribution >= 0.6 is 0 Å². The van der Waals surface area contributed by atoms with Crippen molar-refractivity contribution < 1.29 is 24.2 Å². The molecule has 1 aliphatic carbocycles. The highest BCUT2D eigenvalue weighted by atomic mass is 16.7. The summed E-state index contributed by atoms with van der Waals surface area (Å²) in [6.07, 6.45) is 5.42. The van der Waals surface area contributed by atoms with E-state index in [1.54, 1.807) is 0 Å². The Balaban J connectivity index is 0.000000213. The second-order valence-corrected chi connectivity index (χ2v) is 6.17. The molecule has 4 unspecified atom stereocenters. The fourth-order valence-corrected chi connectivity index (χ4v) is 3.20. The van der Waals surface area contributed by atoms with Crippen molar-refractivity contribution in [2.24, 2.45) is 5.16 Å². The molecule has 0 amide bonds. The Hall–Kier alpha value is -2.08. The summed E-state index contributed by atoms with van der Waals surface area (Å²) in [5, 5.41) is 13.0. The first-order chi connectivity index (χ1) is 11.0. The van der Waals surface area contributed by atoms with Crippen LogP contribution in [-0.4, -0.2) is 41.9 Å². The monoisotopic (exact) mass is 319 g/mol. The smallest absolute Gasteiger partial charge is 0.351 e. The van der Waals surface area contributed by atoms with Gasteiger partial charge in [0.2, 0.25) is 11.5 Å². The zero-order chi connectivity index (χ0) is 16.4. The summed E-state index contributed by atoms with van der Waals surface area (Å²) in [6, 6.07) is 9.19. The minimum absolute atomic E-state index is 0.279. The van der Waals surface area contributed by atoms with Crippen LogP contribution in [0.4, 0.5) is 0 Å². The standard InChI is InChI=1S/C12H13NO4.C5H8O/c1-12(11(14)15)9(10(16-2)13-17-12)8-6-4-3-5-7-8;1-2-5-3-4(1)6-5/h3-7,9H,1-2H3,(H,14,15);4-5H,1-3H2. The quantitative estimate of drug-likeness (QED) is 0.906. The Morgan fingerprint density at radius 3 is 2.35 bits per heavy atom. The minimum Gasteiger partial charge on any atom is -0.481 e. The van der Waals surface area contributed by atoms with Crippen molar-refractivity contribution >= 4 is 11.9 Å². The molecule has 4 atom stereocenters. The second kappa shape index (κ2) is 6.20. The maximum Gasteiger partial charge on any atom is 0.351 e. The summed E-state index contributed by atoms with van der Waals surface area (Å²) in [5.41, 5.74) is -0.623. The number of carboxylic acid groups (broad SMARTS) is 1. The number of nitrogens with zero attached hydrogens (tertiary/aromatic N) is 1. The number of benzene rings is 1. The highest BCUT2D eigenvalue weighted by Gasteiger charge is 2.53. The maximum atomic E-state index is 11.3. The van der Waals surface area contributed by atoms with Gasteiger partial charge in [0.25, 0.3) is 0 Å². The van der Waals surface area contributed by atoms with Gasteiger partial charge in [-0.05, 0) is 31.7 Å². The van der Waals surface area contributed by atoms with Crippen LogP contribution in [0, 0.1) is 0 Å². The first kappa shape index (κ1) is 15.8. The molecule has 3 aliphatic heterocycles. The van der Waals surface area contributed by atoms with E-state index in [2.05, 4.69) is 5.16 Å². The zero-order valence-electron chi connectivity index (χ0n) is 13.3. The number of fused-ring (bicyclic) bond motifs is 1. The third-order valence-corrected chi connectivity index (χ3v) is 4.61. The van der Waals surface area contributed by atoms with Gasteiger partial charge in [0.1, 0.15) is 5.92 Å². The topological polar surface area (TPSA) is 77.3 Å². The highest BCUT2D eigenvalue weighted by Crippen LogP contribution is 2.38. The van der Waals surface area contributed by atoms with Crippen LogP contribution in [0.25, 0.3) is 0 Å². The Kier molecular flexibility index (Phi) is 4.26. The summed E-state index contributed by atoms with van der Waals surface area (Å²) in [7, 11) is 1.45. The number of oxime groups is 1. The van der Waals surface area contributed by atoms with Gasteiger partial charge in [-0.15, -0.1) is 0 Å². The molecule has 2 bridgehead atoms. The van der Waals surface area contributed by atoms with Crippen LogP contribution in [0.3, 0.4) is 0 Å². The molecule has 1 aromatic rings. The fraction of sp³-hybridized carbons (Fsp3) is 0.529. The molecule has 0 spiro atoms. The van der Waals surface area contributed by atoms with Crippen molar-refractivity contribution in [3.8, 4) is 0 Å². The normalized spacial score (nSPS) is 33.7. The van der Waals surface area contributed by atoms with Crippen LogP contribution in [-0.2, 0) is 19.1 Å². The minimum atomic E-state index is -1.42. The zero-order valence-corrected chi connectivity index (χ0v) is 13.3. The molecule has 124 valence electrons. The lowest BCUT2D eigenvalue weighted by Gasteiger charge is -2.24. The average Bonchev–Trinajstić information content (AvgIpc) is 3.23. The number of carbonyl (C=O) groups is 1. The fourth-order valence-electron chi connectivity index (χ4n) is 3.20. The molecule has 1 N–H and O–H groups in total. The molecule has 2 saturated heterocycles. The van der Waals surface area contributed by atoms with E-state index in [9.17, 15) is 9.90 Å². The summed E-state index contributed by atoms with van der Waals surface area (Å²) >= 11 is 0. The Morgan fingerprint density at radius 2 is 1.91 bits per heavy atom. The summed E-state index contributed by atoms with van der Waals surface area (Å²) in [5.74, 6) is -1.32. The van der Waals surface area contributed by atoms with Crippen molar-refractivity contribution in [3.63, 3.8) is 0 Å². The molecule has 4 aliphatic rings. The molecule has 1 aromatic carbocycles. The summed E-state index contributed by atoms with van der Waals surface area (Å²) in [4.78, 5) is 16.4. The highest BCUT2D eigenvalue weighted by molar-refractivity contribution is 5.94. The number of methoxy groups -OCH3 is 1. The molecule has 0 aromatic heterocycles. The molecular weight excluding hydrogens is 298 g/mol. The third kappa shape index (κ3) is 2.91. The van der Waals surface area contributed by atoms with Gasteiger partial charge >= 0.3 is 5.97 Å². The van der Waals surface area contributed by atoms with Gasteiger partial charge in [-0.1, -0.05) is 35.5 Å². The van der Waals surface area contributed by atoms with Crippen molar-refractivity contribution in [1.82, 2.24) is 0 Å². The van der Waals surface area contributed by atoms with Crippen molar-refractivity contribution in [1.29, 1.82) is 0 Å². The van der Waals surface area contributed by atoms with Gasteiger partial charge in [0.05, 0.1) is 19.3 Å². The summed E-state index contributed by atoms with van der Waals surface area (Å²) in [6.45, 7) is 1.49. The maximum absolute atomic E-state index is 11.3. The molecular formula is C17H21NO5. The first-order valence-electron chi connectivity index (χ1n) is 7.78. The van der Waals surface area contributed by atoms with Crippen LogP contribution in [0.1, 0.15) is 37.7 Å². The largest absolute Gasteiger partial charge is 0.481 e. The van der Waals surface area contributed by atoms with Crippen molar-refractivity contribution in [2.75, 3.05) is 7.11 Å². The first-order valence-corrected chi connectivity index (χ1v) is 7.78. The van der Waals surface area contributed by atoms with E-state index in [0.717, 1.165) is 5.56 Å². The lowest BCUT2D eigenvalue weighted by Crippen LogP contribution is -2.42. The van der Waals surface area contributed by atoms with Gasteiger partial charge in [0, 0.05) is 0 Å². The molecule has 3 fully saturated rings.